The normalized spacial score (nSPS) is 17.5. The minimum atomic E-state index is -0.113. The van der Waals surface area contributed by atoms with E-state index in [0.29, 0.717) is 40.9 Å². The van der Waals surface area contributed by atoms with Gasteiger partial charge in [0.1, 0.15) is 5.69 Å². The van der Waals surface area contributed by atoms with Gasteiger partial charge < -0.3 is 14.4 Å². The Bertz CT molecular complexity index is 836. The van der Waals surface area contributed by atoms with E-state index < -0.39 is 0 Å². The number of aryl methyl sites for hydroxylation is 1. The molecule has 2 heterocycles. The lowest BCUT2D eigenvalue weighted by atomic mass is 10.1. The molecule has 8 heteroatoms. The lowest BCUT2D eigenvalue weighted by molar-refractivity contribution is 0.0412. The van der Waals surface area contributed by atoms with E-state index in [9.17, 15) is 9.59 Å². The third kappa shape index (κ3) is 3.71. The van der Waals surface area contributed by atoms with Gasteiger partial charge in [0.2, 0.25) is 0 Å². The van der Waals surface area contributed by atoms with Crippen LogP contribution in [0.25, 0.3) is 0 Å². The summed E-state index contributed by atoms with van der Waals surface area (Å²) in [6.07, 6.45) is 3.40. The fourth-order valence-electron chi connectivity index (χ4n) is 3.04. The Labute approximate surface area is 162 Å². The summed E-state index contributed by atoms with van der Waals surface area (Å²) in [6.45, 7) is 6.08. The zero-order chi connectivity index (χ0) is 18.8. The highest BCUT2D eigenvalue weighted by Crippen LogP contribution is 2.24. The van der Waals surface area contributed by atoms with Crippen LogP contribution >= 0.6 is 23.2 Å². The van der Waals surface area contributed by atoms with E-state index in [1.165, 1.54) is 0 Å². The maximum atomic E-state index is 12.8. The predicted octanol–water partition coefficient (Wildman–Crippen LogP) is 3.20. The molecule has 1 aromatic carbocycles. The standard InChI is InChI=1S/C18H20Cl2N4O2/c1-3-22-10-16(21-11-22)18(26)23-6-7-24(12(2)9-23)17(25)13-4-5-14(19)15(20)8-13/h4-5,8,10-12H,3,6-7,9H2,1-2H3/t12-/m0/s1. The first-order chi connectivity index (χ1) is 12.4. The van der Waals surface area contributed by atoms with Crippen molar-refractivity contribution in [3.63, 3.8) is 0 Å². The van der Waals surface area contributed by atoms with E-state index in [1.807, 2.05) is 18.4 Å². The molecule has 138 valence electrons. The smallest absolute Gasteiger partial charge is 0.274 e. The van der Waals surface area contributed by atoms with Crippen molar-refractivity contribution in [3.8, 4) is 0 Å². The van der Waals surface area contributed by atoms with Crippen molar-refractivity contribution in [1.82, 2.24) is 19.4 Å². The predicted molar refractivity (Wildman–Crippen MR) is 101 cm³/mol. The van der Waals surface area contributed by atoms with Crippen LogP contribution in [0.5, 0.6) is 0 Å². The molecule has 0 aliphatic carbocycles. The van der Waals surface area contributed by atoms with Gasteiger partial charge in [-0.1, -0.05) is 23.2 Å². The van der Waals surface area contributed by atoms with Crippen LogP contribution in [-0.2, 0) is 6.54 Å². The quantitative estimate of drug-likeness (QED) is 0.802. The summed E-state index contributed by atoms with van der Waals surface area (Å²) in [5.74, 6) is -0.218. The van der Waals surface area contributed by atoms with E-state index in [-0.39, 0.29) is 17.9 Å². The van der Waals surface area contributed by atoms with E-state index in [4.69, 9.17) is 23.2 Å². The Kier molecular flexibility index (Phi) is 5.53. The minimum absolute atomic E-state index is 0.106. The lowest BCUT2D eigenvalue weighted by Gasteiger charge is -2.39. The number of carbonyl (C=O) groups is 2. The van der Waals surface area contributed by atoms with Crippen molar-refractivity contribution in [2.24, 2.45) is 0 Å². The summed E-state index contributed by atoms with van der Waals surface area (Å²) in [7, 11) is 0. The molecule has 0 saturated carbocycles. The number of nitrogens with zero attached hydrogens (tertiary/aromatic N) is 4. The minimum Gasteiger partial charge on any atom is -0.337 e. The maximum absolute atomic E-state index is 12.8. The van der Waals surface area contributed by atoms with Crippen LogP contribution in [0.2, 0.25) is 10.0 Å². The van der Waals surface area contributed by atoms with Crippen LogP contribution in [0.3, 0.4) is 0 Å². The van der Waals surface area contributed by atoms with Crippen LogP contribution < -0.4 is 0 Å². The highest BCUT2D eigenvalue weighted by atomic mass is 35.5. The van der Waals surface area contributed by atoms with Gasteiger partial charge in [0.25, 0.3) is 11.8 Å². The molecule has 0 spiro atoms. The van der Waals surface area contributed by atoms with Gasteiger partial charge in [-0.2, -0.15) is 0 Å². The number of benzene rings is 1. The summed E-state index contributed by atoms with van der Waals surface area (Å²) in [5, 5.41) is 0.767. The molecule has 0 bridgehead atoms. The third-order valence-electron chi connectivity index (χ3n) is 4.56. The molecule has 2 aromatic rings. The molecule has 1 fully saturated rings. The lowest BCUT2D eigenvalue weighted by Crippen LogP contribution is -2.55. The fraction of sp³-hybridized carbons (Fsp3) is 0.389. The van der Waals surface area contributed by atoms with Crippen molar-refractivity contribution in [2.45, 2.75) is 26.4 Å². The van der Waals surface area contributed by atoms with E-state index >= 15 is 0 Å². The Morgan fingerprint density at radius 1 is 1.19 bits per heavy atom. The molecule has 2 amide bonds. The molecule has 26 heavy (non-hydrogen) atoms. The van der Waals surface area contributed by atoms with E-state index in [2.05, 4.69) is 4.98 Å². The molecule has 6 nitrogen and oxygen atoms in total. The molecular weight excluding hydrogens is 375 g/mol. The van der Waals surface area contributed by atoms with Gasteiger partial charge in [0.05, 0.1) is 16.4 Å². The van der Waals surface area contributed by atoms with Crippen LogP contribution in [-0.4, -0.2) is 56.8 Å². The fourth-order valence-corrected chi connectivity index (χ4v) is 3.34. The number of aromatic nitrogens is 2. The van der Waals surface area contributed by atoms with Gasteiger partial charge in [-0.3, -0.25) is 9.59 Å². The van der Waals surface area contributed by atoms with Crippen molar-refractivity contribution in [3.05, 3.63) is 52.0 Å². The summed E-state index contributed by atoms with van der Waals surface area (Å²) in [4.78, 5) is 33.1. The highest BCUT2D eigenvalue weighted by Gasteiger charge is 2.31. The highest BCUT2D eigenvalue weighted by molar-refractivity contribution is 6.42. The molecule has 0 unspecified atom stereocenters. The molecule has 1 atom stereocenters. The number of halogens is 2. The number of imidazole rings is 1. The van der Waals surface area contributed by atoms with Crippen molar-refractivity contribution < 1.29 is 9.59 Å². The molecule has 1 saturated heterocycles. The largest absolute Gasteiger partial charge is 0.337 e. The number of carbonyl (C=O) groups excluding carboxylic acids is 2. The molecule has 3 rings (SSSR count). The van der Waals surface area contributed by atoms with Crippen LogP contribution in [0.1, 0.15) is 34.7 Å². The van der Waals surface area contributed by atoms with Crippen molar-refractivity contribution in [2.75, 3.05) is 19.6 Å². The van der Waals surface area contributed by atoms with Crippen molar-refractivity contribution >= 4 is 35.0 Å². The van der Waals surface area contributed by atoms with Gasteiger partial charge in [0.15, 0.2) is 0 Å². The second-order valence-electron chi connectivity index (χ2n) is 6.32. The topological polar surface area (TPSA) is 58.4 Å². The monoisotopic (exact) mass is 394 g/mol. The zero-order valence-corrected chi connectivity index (χ0v) is 16.2. The van der Waals surface area contributed by atoms with Crippen LogP contribution in [0, 0.1) is 0 Å². The zero-order valence-electron chi connectivity index (χ0n) is 14.7. The molecule has 1 aromatic heterocycles. The van der Waals surface area contributed by atoms with Gasteiger partial charge in [-0.25, -0.2) is 4.98 Å². The van der Waals surface area contributed by atoms with Crippen LogP contribution in [0.4, 0.5) is 0 Å². The molecule has 0 N–H and O–H groups in total. The van der Waals surface area contributed by atoms with Crippen LogP contribution in [0.15, 0.2) is 30.7 Å². The Morgan fingerprint density at radius 3 is 2.58 bits per heavy atom. The van der Waals surface area contributed by atoms with Gasteiger partial charge >= 0.3 is 0 Å². The summed E-state index contributed by atoms with van der Waals surface area (Å²) >= 11 is 11.9. The number of hydrogen-bond acceptors (Lipinski definition) is 3. The maximum Gasteiger partial charge on any atom is 0.274 e. The first-order valence-corrected chi connectivity index (χ1v) is 9.23. The second-order valence-corrected chi connectivity index (χ2v) is 7.13. The Morgan fingerprint density at radius 2 is 1.96 bits per heavy atom. The Balaban J connectivity index is 1.68. The molecule has 1 aliphatic heterocycles. The summed E-state index contributed by atoms with van der Waals surface area (Å²) in [6, 6.07) is 4.75. The SMILES string of the molecule is CCn1cnc(C(=O)N2CCN(C(=O)c3ccc(Cl)c(Cl)c3)[C@@H](C)C2)c1. The average Bonchev–Trinajstić information content (AvgIpc) is 3.12. The number of rotatable bonds is 3. The number of hydrogen-bond donors (Lipinski definition) is 0. The Hall–Kier alpha value is -2.05. The van der Waals surface area contributed by atoms with Crippen molar-refractivity contribution in [1.29, 1.82) is 0 Å². The first-order valence-electron chi connectivity index (χ1n) is 8.47. The average molecular weight is 395 g/mol. The summed E-state index contributed by atoms with van der Waals surface area (Å²) < 4.78 is 1.86. The van der Waals surface area contributed by atoms with Gasteiger partial charge in [-0.05, 0) is 32.0 Å². The number of amides is 2. The van der Waals surface area contributed by atoms with E-state index in [0.717, 1.165) is 6.54 Å². The molecule has 1 aliphatic rings. The first kappa shape index (κ1) is 18.7. The van der Waals surface area contributed by atoms with E-state index in [1.54, 1.807) is 40.5 Å². The van der Waals surface area contributed by atoms with Gasteiger partial charge in [0, 0.05) is 44.0 Å². The van der Waals surface area contributed by atoms with Gasteiger partial charge in [-0.15, -0.1) is 0 Å². The summed E-state index contributed by atoms with van der Waals surface area (Å²) in [5.41, 5.74) is 0.927. The third-order valence-corrected chi connectivity index (χ3v) is 5.30. The number of piperazine rings is 1. The molecular formula is C18H20Cl2N4O2. The second kappa shape index (κ2) is 7.68. The molecule has 0 radical (unpaired) electrons.